The maximum atomic E-state index is 6.03. The van der Waals surface area contributed by atoms with Gasteiger partial charge in [0.2, 0.25) is 0 Å². The van der Waals surface area contributed by atoms with E-state index in [0.717, 1.165) is 42.3 Å². The zero-order valence-electron chi connectivity index (χ0n) is 8.88. The van der Waals surface area contributed by atoms with Gasteiger partial charge in [0, 0.05) is 24.1 Å². The first-order chi connectivity index (χ1) is 7.75. The van der Waals surface area contributed by atoms with Gasteiger partial charge < -0.3 is 4.74 Å². The van der Waals surface area contributed by atoms with Crippen LogP contribution in [0.1, 0.15) is 5.56 Å². The van der Waals surface area contributed by atoms with Gasteiger partial charge in [0.05, 0.1) is 18.2 Å². The lowest BCUT2D eigenvalue weighted by molar-refractivity contribution is 0.0106. The average molecular weight is 306 g/mol. The number of benzene rings is 1. The van der Waals surface area contributed by atoms with E-state index in [1.54, 1.807) is 0 Å². The van der Waals surface area contributed by atoms with Crippen molar-refractivity contribution in [3.8, 4) is 0 Å². The van der Waals surface area contributed by atoms with E-state index in [2.05, 4.69) is 32.4 Å². The van der Waals surface area contributed by atoms with Gasteiger partial charge in [0.25, 0.3) is 0 Å². The van der Waals surface area contributed by atoms with Crippen LogP contribution in [0.2, 0.25) is 5.02 Å². The Morgan fingerprint density at radius 2 is 2.12 bits per heavy atom. The third-order valence-electron chi connectivity index (χ3n) is 2.50. The van der Waals surface area contributed by atoms with Crippen LogP contribution in [0.25, 0.3) is 0 Å². The van der Waals surface area contributed by atoms with Gasteiger partial charge in [-0.1, -0.05) is 17.7 Å². The summed E-state index contributed by atoms with van der Waals surface area (Å²) in [6, 6.07) is 6.00. The molecule has 0 radical (unpaired) electrons. The fraction of sp³-hybridized carbons (Fsp3) is 0.455. The summed E-state index contributed by atoms with van der Waals surface area (Å²) in [6.45, 7) is 4.27. The van der Waals surface area contributed by atoms with Crippen LogP contribution in [0.15, 0.2) is 22.7 Å². The van der Waals surface area contributed by atoms with E-state index in [9.17, 15) is 0 Å². The molecular formula is C11H14BrClN2O. The fourth-order valence-corrected chi connectivity index (χ4v) is 2.02. The van der Waals surface area contributed by atoms with Crippen molar-refractivity contribution in [2.24, 2.45) is 0 Å². The van der Waals surface area contributed by atoms with Gasteiger partial charge in [0.1, 0.15) is 0 Å². The SMILES string of the molecule is Clc1cc(CNN2CCOCC2)ccc1Br. The molecule has 0 spiro atoms. The quantitative estimate of drug-likeness (QED) is 0.928. The molecule has 1 saturated heterocycles. The second-order valence-electron chi connectivity index (χ2n) is 3.68. The van der Waals surface area contributed by atoms with E-state index in [0.29, 0.717) is 0 Å². The highest BCUT2D eigenvalue weighted by Crippen LogP contribution is 2.23. The molecule has 1 aromatic carbocycles. The Morgan fingerprint density at radius 1 is 1.38 bits per heavy atom. The lowest BCUT2D eigenvalue weighted by Crippen LogP contribution is -2.45. The Balaban J connectivity index is 1.86. The molecule has 1 fully saturated rings. The molecule has 0 saturated carbocycles. The molecule has 3 nitrogen and oxygen atoms in total. The monoisotopic (exact) mass is 304 g/mol. The first kappa shape index (κ1) is 12.3. The molecule has 1 aliphatic rings. The highest BCUT2D eigenvalue weighted by molar-refractivity contribution is 9.10. The number of ether oxygens (including phenoxy) is 1. The van der Waals surface area contributed by atoms with Crippen LogP contribution < -0.4 is 5.43 Å². The van der Waals surface area contributed by atoms with Crippen LogP contribution in [-0.4, -0.2) is 31.3 Å². The van der Waals surface area contributed by atoms with Gasteiger partial charge in [-0.2, -0.15) is 0 Å². The van der Waals surface area contributed by atoms with Gasteiger partial charge in [-0.3, -0.25) is 5.43 Å². The van der Waals surface area contributed by atoms with Crippen molar-refractivity contribution >= 4 is 27.5 Å². The molecule has 2 rings (SSSR count). The first-order valence-corrected chi connectivity index (χ1v) is 6.43. The number of hydrogen-bond donors (Lipinski definition) is 1. The molecule has 1 aliphatic heterocycles. The van der Waals surface area contributed by atoms with Crippen LogP contribution in [0.5, 0.6) is 0 Å². The van der Waals surface area contributed by atoms with E-state index in [1.807, 2.05) is 12.1 Å². The summed E-state index contributed by atoms with van der Waals surface area (Å²) < 4.78 is 6.21. The maximum absolute atomic E-state index is 6.03. The summed E-state index contributed by atoms with van der Waals surface area (Å²) in [5.41, 5.74) is 4.54. The zero-order chi connectivity index (χ0) is 11.4. The number of hydrazine groups is 1. The summed E-state index contributed by atoms with van der Waals surface area (Å²) in [4.78, 5) is 0. The fourth-order valence-electron chi connectivity index (χ4n) is 1.57. The summed E-state index contributed by atoms with van der Waals surface area (Å²) >= 11 is 9.40. The minimum atomic E-state index is 0.751. The van der Waals surface area contributed by atoms with Crippen molar-refractivity contribution in [3.63, 3.8) is 0 Å². The molecule has 0 aromatic heterocycles. The summed E-state index contributed by atoms with van der Waals surface area (Å²) in [7, 11) is 0. The highest BCUT2D eigenvalue weighted by atomic mass is 79.9. The largest absolute Gasteiger partial charge is 0.379 e. The molecule has 0 atom stereocenters. The third-order valence-corrected chi connectivity index (χ3v) is 3.73. The Morgan fingerprint density at radius 3 is 2.81 bits per heavy atom. The van der Waals surface area contributed by atoms with E-state index < -0.39 is 0 Å². The van der Waals surface area contributed by atoms with E-state index in [1.165, 1.54) is 5.56 Å². The van der Waals surface area contributed by atoms with Gasteiger partial charge in [-0.25, -0.2) is 5.01 Å². The van der Waals surface area contributed by atoms with Crippen molar-refractivity contribution in [3.05, 3.63) is 33.3 Å². The standard InChI is InChI=1S/C11H14BrClN2O/c12-10-2-1-9(7-11(10)13)8-14-15-3-5-16-6-4-15/h1-2,7,14H,3-6,8H2. The molecule has 1 aromatic rings. The number of nitrogens with one attached hydrogen (secondary N) is 1. The molecule has 0 amide bonds. The number of nitrogens with zero attached hydrogens (tertiary/aromatic N) is 1. The molecule has 0 bridgehead atoms. The number of halogens is 2. The van der Waals surface area contributed by atoms with Crippen LogP contribution in [0.3, 0.4) is 0 Å². The molecule has 0 aliphatic carbocycles. The van der Waals surface area contributed by atoms with E-state index in [-0.39, 0.29) is 0 Å². The predicted octanol–water partition coefficient (Wildman–Crippen LogP) is 2.44. The second-order valence-corrected chi connectivity index (χ2v) is 4.94. The van der Waals surface area contributed by atoms with Crippen molar-refractivity contribution in [2.45, 2.75) is 6.54 Å². The topological polar surface area (TPSA) is 24.5 Å². The van der Waals surface area contributed by atoms with Crippen molar-refractivity contribution in [1.29, 1.82) is 0 Å². The predicted molar refractivity (Wildman–Crippen MR) is 68.4 cm³/mol. The minimum absolute atomic E-state index is 0.751. The molecule has 5 heteroatoms. The molecule has 0 unspecified atom stereocenters. The highest BCUT2D eigenvalue weighted by Gasteiger charge is 2.09. The van der Waals surface area contributed by atoms with E-state index >= 15 is 0 Å². The minimum Gasteiger partial charge on any atom is -0.379 e. The van der Waals surface area contributed by atoms with Crippen molar-refractivity contribution in [2.75, 3.05) is 26.3 Å². The molecular weight excluding hydrogens is 291 g/mol. The van der Waals surface area contributed by atoms with E-state index in [4.69, 9.17) is 16.3 Å². The zero-order valence-corrected chi connectivity index (χ0v) is 11.2. The van der Waals surface area contributed by atoms with Crippen LogP contribution in [0.4, 0.5) is 0 Å². The summed E-state index contributed by atoms with van der Waals surface area (Å²) in [5.74, 6) is 0. The summed E-state index contributed by atoms with van der Waals surface area (Å²) in [6.07, 6.45) is 0. The van der Waals surface area contributed by atoms with Crippen LogP contribution in [-0.2, 0) is 11.3 Å². The van der Waals surface area contributed by atoms with Crippen molar-refractivity contribution in [1.82, 2.24) is 10.4 Å². The summed E-state index contributed by atoms with van der Waals surface area (Å²) in [5, 5.41) is 2.93. The number of morpholine rings is 1. The first-order valence-electron chi connectivity index (χ1n) is 5.26. The lowest BCUT2D eigenvalue weighted by atomic mass is 10.2. The second kappa shape index (κ2) is 5.98. The van der Waals surface area contributed by atoms with Crippen LogP contribution in [0, 0.1) is 0 Å². The number of hydrogen-bond acceptors (Lipinski definition) is 3. The normalized spacial score (nSPS) is 17.6. The molecule has 16 heavy (non-hydrogen) atoms. The van der Waals surface area contributed by atoms with Gasteiger partial charge in [0.15, 0.2) is 0 Å². The Bertz CT molecular complexity index is 356. The van der Waals surface area contributed by atoms with Crippen molar-refractivity contribution < 1.29 is 4.74 Å². The Kier molecular flexibility index (Phi) is 4.61. The number of rotatable bonds is 3. The average Bonchev–Trinajstić information content (AvgIpc) is 2.32. The smallest absolute Gasteiger partial charge is 0.0608 e. The molecule has 1 N–H and O–H groups in total. The van der Waals surface area contributed by atoms with Crippen LogP contribution >= 0.6 is 27.5 Å². The Hall–Kier alpha value is -0.130. The van der Waals surface area contributed by atoms with Gasteiger partial charge >= 0.3 is 0 Å². The molecule has 1 heterocycles. The maximum Gasteiger partial charge on any atom is 0.0608 e. The lowest BCUT2D eigenvalue weighted by Gasteiger charge is -2.27. The third kappa shape index (κ3) is 3.43. The van der Waals surface area contributed by atoms with Gasteiger partial charge in [-0.15, -0.1) is 0 Å². The molecule has 88 valence electrons. The van der Waals surface area contributed by atoms with Gasteiger partial charge in [-0.05, 0) is 33.6 Å². The Labute approximate surface area is 109 Å².